The lowest BCUT2D eigenvalue weighted by atomic mass is 10.1. The first-order chi connectivity index (χ1) is 9.20. The summed E-state index contributed by atoms with van der Waals surface area (Å²) in [5.74, 6) is 0.909. The first-order valence-electron chi connectivity index (χ1n) is 6.86. The van der Waals surface area contributed by atoms with Gasteiger partial charge in [0.2, 0.25) is 5.91 Å². The minimum absolute atomic E-state index is 0.0370. The molecule has 1 aromatic carbocycles. The van der Waals surface area contributed by atoms with E-state index in [4.69, 9.17) is 4.74 Å². The number of methoxy groups -OCH3 is 1. The molecule has 1 aliphatic heterocycles. The van der Waals surface area contributed by atoms with Crippen molar-refractivity contribution in [1.82, 2.24) is 10.6 Å². The van der Waals surface area contributed by atoms with Crippen LogP contribution in [0.4, 0.5) is 0 Å². The Morgan fingerprint density at radius 2 is 2.32 bits per heavy atom. The number of ether oxygens (including phenoxy) is 1. The summed E-state index contributed by atoms with van der Waals surface area (Å²) >= 11 is 0. The van der Waals surface area contributed by atoms with Crippen molar-refractivity contribution in [2.75, 3.05) is 13.7 Å². The molecule has 2 rings (SSSR count). The smallest absolute Gasteiger partial charge is 0.222 e. The lowest BCUT2D eigenvalue weighted by Crippen LogP contribution is -2.33. The van der Waals surface area contributed by atoms with E-state index in [-0.39, 0.29) is 11.9 Å². The number of para-hydroxylation sites is 1. The molecule has 2 atom stereocenters. The van der Waals surface area contributed by atoms with Crippen molar-refractivity contribution in [3.05, 3.63) is 29.8 Å². The van der Waals surface area contributed by atoms with E-state index in [1.807, 2.05) is 31.2 Å². The molecule has 2 N–H and O–H groups in total. The van der Waals surface area contributed by atoms with Crippen LogP contribution in [0, 0.1) is 0 Å². The van der Waals surface area contributed by atoms with E-state index < -0.39 is 0 Å². The predicted molar refractivity (Wildman–Crippen MR) is 75.2 cm³/mol. The summed E-state index contributed by atoms with van der Waals surface area (Å²) in [7, 11) is 1.65. The summed E-state index contributed by atoms with van der Waals surface area (Å²) in [6, 6.07) is 8.09. The van der Waals surface area contributed by atoms with Gasteiger partial charge in [-0.2, -0.15) is 0 Å². The van der Waals surface area contributed by atoms with Gasteiger partial charge in [-0.05, 0) is 32.4 Å². The molecule has 19 heavy (non-hydrogen) atoms. The Morgan fingerprint density at radius 1 is 1.53 bits per heavy atom. The highest BCUT2D eigenvalue weighted by atomic mass is 16.5. The molecule has 1 aliphatic rings. The van der Waals surface area contributed by atoms with Gasteiger partial charge in [0.15, 0.2) is 0 Å². The molecule has 104 valence electrons. The molecular weight excluding hydrogens is 240 g/mol. The Hall–Kier alpha value is -1.55. The monoisotopic (exact) mass is 262 g/mol. The number of carbonyl (C=O) groups is 1. The fourth-order valence-corrected chi connectivity index (χ4v) is 2.56. The largest absolute Gasteiger partial charge is 0.496 e. The summed E-state index contributed by atoms with van der Waals surface area (Å²) in [6.07, 6.45) is 2.82. The number of hydrogen-bond donors (Lipinski definition) is 2. The number of hydrogen-bond acceptors (Lipinski definition) is 3. The van der Waals surface area contributed by atoms with Crippen LogP contribution in [0.25, 0.3) is 0 Å². The molecule has 1 saturated heterocycles. The maximum absolute atomic E-state index is 12.0. The maximum atomic E-state index is 12.0. The molecule has 0 aliphatic carbocycles. The first-order valence-corrected chi connectivity index (χ1v) is 6.86. The van der Waals surface area contributed by atoms with Crippen molar-refractivity contribution in [2.24, 2.45) is 0 Å². The summed E-state index contributed by atoms with van der Waals surface area (Å²) in [4.78, 5) is 12.0. The third kappa shape index (κ3) is 3.70. The molecule has 0 saturated carbocycles. The van der Waals surface area contributed by atoms with E-state index in [0.717, 1.165) is 24.3 Å². The summed E-state index contributed by atoms with van der Waals surface area (Å²) < 4.78 is 5.32. The van der Waals surface area contributed by atoms with E-state index in [1.54, 1.807) is 7.11 Å². The van der Waals surface area contributed by atoms with E-state index >= 15 is 0 Å². The Labute approximate surface area is 114 Å². The molecular formula is C15H22N2O2. The van der Waals surface area contributed by atoms with Crippen LogP contribution < -0.4 is 15.4 Å². The molecule has 0 radical (unpaired) electrons. The summed E-state index contributed by atoms with van der Waals surface area (Å²) in [6.45, 7) is 3.01. The van der Waals surface area contributed by atoms with Crippen molar-refractivity contribution in [1.29, 1.82) is 0 Å². The highest BCUT2D eigenvalue weighted by Crippen LogP contribution is 2.24. The highest BCUT2D eigenvalue weighted by molar-refractivity contribution is 5.77. The van der Waals surface area contributed by atoms with Gasteiger partial charge >= 0.3 is 0 Å². The number of benzene rings is 1. The second kappa shape index (κ2) is 6.57. The minimum Gasteiger partial charge on any atom is -0.496 e. The molecule has 1 fully saturated rings. The molecule has 4 heteroatoms. The molecule has 1 heterocycles. The lowest BCUT2D eigenvalue weighted by Gasteiger charge is -2.18. The zero-order valence-corrected chi connectivity index (χ0v) is 11.6. The third-order valence-electron chi connectivity index (χ3n) is 3.58. The van der Waals surface area contributed by atoms with Crippen LogP contribution in [0.2, 0.25) is 0 Å². The summed E-state index contributed by atoms with van der Waals surface area (Å²) in [5.41, 5.74) is 1.01. The van der Waals surface area contributed by atoms with E-state index in [0.29, 0.717) is 12.5 Å². The maximum Gasteiger partial charge on any atom is 0.222 e. The van der Waals surface area contributed by atoms with Gasteiger partial charge in [0, 0.05) is 18.0 Å². The number of carbonyl (C=O) groups excluding carboxylic acids is 1. The SMILES string of the molecule is COc1ccccc1C(C)NC(=O)CC1CCCN1. The molecule has 1 aromatic rings. The third-order valence-corrected chi connectivity index (χ3v) is 3.58. The zero-order chi connectivity index (χ0) is 13.7. The van der Waals surface area contributed by atoms with Crippen molar-refractivity contribution < 1.29 is 9.53 Å². The zero-order valence-electron chi connectivity index (χ0n) is 11.6. The van der Waals surface area contributed by atoms with Crippen LogP contribution in [-0.4, -0.2) is 25.6 Å². The van der Waals surface area contributed by atoms with Crippen LogP contribution in [0.15, 0.2) is 24.3 Å². The van der Waals surface area contributed by atoms with Crippen molar-refractivity contribution in [3.63, 3.8) is 0 Å². The highest BCUT2D eigenvalue weighted by Gasteiger charge is 2.19. The topological polar surface area (TPSA) is 50.4 Å². The average molecular weight is 262 g/mol. The van der Waals surface area contributed by atoms with Crippen LogP contribution >= 0.6 is 0 Å². The van der Waals surface area contributed by atoms with Gasteiger partial charge in [0.05, 0.1) is 13.2 Å². The van der Waals surface area contributed by atoms with Gasteiger partial charge < -0.3 is 15.4 Å². The lowest BCUT2D eigenvalue weighted by molar-refractivity contribution is -0.122. The fraction of sp³-hybridized carbons (Fsp3) is 0.533. The summed E-state index contributed by atoms with van der Waals surface area (Å²) in [5, 5.41) is 6.38. The number of nitrogens with one attached hydrogen (secondary N) is 2. The molecule has 0 spiro atoms. The molecule has 0 bridgehead atoms. The first kappa shape index (κ1) is 13.9. The Balaban J connectivity index is 1.92. The Bertz CT molecular complexity index is 428. The molecule has 2 unspecified atom stereocenters. The van der Waals surface area contributed by atoms with Gasteiger partial charge in [-0.15, -0.1) is 0 Å². The van der Waals surface area contributed by atoms with E-state index in [2.05, 4.69) is 10.6 Å². The van der Waals surface area contributed by atoms with Gasteiger partial charge in [0.25, 0.3) is 0 Å². The van der Waals surface area contributed by atoms with Crippen molar-refractivity contribution in [3.8, 4) is 5.75 Å². The van der Waals surface area contributed by atoms with Gasteiger partial charge in [-0.1, -0.05) is 18.2 Å². The van der Waals surface area contributed by atoms with Crippen molar-refractivity contribution >= 4 is 5.91 Å². The molecule has 1 amide bonds. The minimum atomic E-state index is -0.0370. The van der Waals surface area contributed by atoms with Gasteiger partial charge in [-0.3, -0.25) is 4.79 Å². The van der Waals surface area contributed by atoms with Crippen LogP contribution in [-0.2, 0) is 4.79 Å². The van der Waals surface area contributed by atoms with E-state index in [1.165, 1.54) is 6.42 Å². The van der Waals surface area contributed by atoms with Crippen LogP contribution in [0.1, 0.15) is 37.8 Å². The Morgan fingerprint density at radius 3 is 3.00 bits per heavy atom. The standard InChI is InChI=1S/C15H22N2O2/c1-11(13-7-3-4-8-14(13)19-2)17-15(18)10-12-6-5-9-16-12/h3-4,7-8,11-12,16H,5-6,9-10H2,1-2H3,(H,17,18). The molecule has 0 aromatic heterocycles. The van der Waals surface area contributed by atoms with Gasteiger partial charge in [0.1, 0.15) is 5.75 Å². The average Bonchev–Trinajstić information content (AvgIpc) is 2.91. The fourth-order valence-electron chi connectivity index (χ4n) is 2.56. The van der Waals surface area contributed by atoms with Crippen molar-refractivity contribution in [2.45, 2.75) is 38.3 Å². The van der Waals surface area contributed by atoms with Gasteiger partial charge in [-0.25, -0.2) is 0 Å². The normalized spacial score (nSPS) is 20.0. The quantitative estimate of drug-likeness (QED) is 0.853. The molecule has 4 nitrogen and oxygen atoms in total. The second-order valence-corrected chi connectivity index (χ2v) is 5.03. The predicted octanol–water partition coefficient (Wildman–Crippen LogP) is 2.01. The van der Waals surface area contributed by atoms with Crippen LogP contribution in [0.5, 0.6) is 5.75 Å². The Kier molecular flexibility index (Phi) is 4.80. The van der Waals surface area contributed by atoms with Crippen LogP contribution in [0.3, 0.4) is 0 Å². The number of amides is 1. The number of rotatable bonds is 5. The van der Waals surface area contributed by atoms with E-state index in [9.17, 15) is 4.79 Å². The second-order valence-electron chi connectivity index (χ2n) is 5.03.